The van der Waals surface area contributed by atoms with Gasteiger partial charge in [0, 0.05) is 18.4 Å². The van der Waals surface area contributed by atoms with Crippen LogP contribution in [0.1, 0.15) is 38.6 Å². The first-order valence-electron chi connectivity index (χ1n) is 5.45. The molecule has 0 aromatic carbocycles. The molecule has 3 heteroatoms. The standard InChI is InChI=1S/C11H21N3/c1-4-12-7-5-6-10(2)14-9-8-13-11(14)3/h8-10,12H,4-7H2,1-3H3. The Labute approximate surface area is 86.5 Å². The average Bonchev–Trinajstić information content (AvgIpc) is 2.59. The normalized spacial score (nSPS) is 13.1. The Kier molecular flexibility index (Phi) is 4.66. The first kappa shape index (κ1) is 11.2. The first-order chi connectivity index (χ1) is 6.75. The van der Waals surface area contributed by atoms with Gasteiger partial charge in [-0.2, -0.15) is 0 Å². The molecule has 1 atom stereocenters. The van der Waals surface area contributed by atoms with Crippen LogP contribution in [-0.2, 0) is 0 Å². The summed E-state index contributed by atoms with van der Waals surface area (Å²) >= 11 is 0. The summed E-state index contributed by atoms with van der Waals surface area (Å²) in [6, 6.07) is 0.566. The summed E-state index contributed by atoms with van der Waals surface area (Å²) in [6.45, 7) is 8.64. The summed E-state index contributed by atoms with van der Waals surface area (Å²) in [5.41, 5.74) is 0. The van der Waals surface area contributed by atoms with E-state index in [1.165, 1.54) is 12.8 Å². The van der Waals surface area contributed by atoms with Crippen LogP contribution in [0.25, 0.3) is 0 Å². The van der Waals surface area contributed by atoms with Crippen molar-refractivity contribution < 1.29 is 0 Å². The van der Waals surface area contributed by atoms with E-state index in [4.69, 9.17) is 0 Å². The van der Waals surface area contributed by atoms with Gasteiger partial charge in [0.15, 0.2) is 0 Å². The number of hydrogen-bond donors (Lipinski definition) is 1. The van der Waals surface area contributed by atoms with Crippen molar-refractivity contribution in [1.82, 2.24) is 14.9 Å². The molecule has 80 valence electrons. The number of nitrogens with one attached hydrogen (secondary N) is 1. The van der Waals surface area contributed by atoms with Crippen LogP contribution in [0.2, 0.25) is 0 Å². The molecule has 0 amide bonds. The third-order valence-corrected chi connectivity index (χ3v) is 2.56. The van der Waals surface area contributed by atoms with E-state index in [1.807, 2.05) is 6.20 Å². The number of rotatable bonds is 6. The largest absolute Gasteiger partial charge is 0.332 e. The van der Waals surface area contributed by atoms with Gasteiger partial charge in [-0.05, 0) is 39.8 Å². The summed E-state index contributed by atoms with van der Waals surface area (Å²) < 4.78 is 2.24. The molecule has 0 aliphatic carbocycles. The van der Waals surface area contributed by atoms with Gasteiger partial charge in [0.2, 0.25) is 0 Å². The lowest BCUT2D eigenvalue weighted by atomic mass is 10.2. The molecular formula is C11H21N3. The van der Waals surface area contributed by atoms with Crippen LogP contribution in [0, 0.1) is 6.92 Å². The zero-order valence-corrected chi connectivity index (χ0v) is 9.45. The fraction of sp³-hybridized carbons (Fsp3) is 0.727. The van der Waals surface area contributed by atoms with E-state index in [9.17, 15) is 0 Å². The summed E-state index contributed by atoms with van der Waals surface area (Å²) in [4.78, 5) is 4.23. The van der Waals surface area contributed by atoms with Crippen molar-refractivity contribution in [3.63, 3.8) is 0 Å². The van der Waals surface area contributed by atoms with Crippen LogP contribution in [0.3, 0.4) is 0 Å². The lowest BCUT2D eigenvalue weighted by Gasteiger charge is -2.14. The van der Waals surface area contributed by atoms with E-state index in [1.54, 1.807) is 0 Å². The highest BCUT2D eigenvalue weighted by Gasteiger charge is 2.05. The summed E-state index contributed by atoms with van der Waals surface area (Å²) in [7, 11) is 0. The highest BCUT2D eigenvalue weighted by Crippen LogP contribution is 2.13. The van der Waals surface area contributed by atoms with E-state index in [2.05, 4.69) is 41.8 Å². The zero-order chi connectivity index (χ0) is 10.4. The third kappa shape index (κ3) is 3.14. The molecule has 1 unspecified atom stereocenters. The zero-order valence-electron chi connectivity index (χ0n) is 9.45. The molecule has 14 heavy (non-hydrogen) atoms. The van der Waals surface area contributed by atoms with Gasteiger partial charge in [-0.25, -0.2) is 4.98 Å². The molecule has 1 rings (SSSR count). The van der Waals surface area contributed by atoms with Gasteiger partial charge in [-0.15, -0.1) is 0 Å². The van der Waals surface area contributed by atoms with Gasteiger partial charge >= 0.3 is 0 Å². The van der Waals surface area contributed by atoms with Crippen molar-refractivity contribution in [3.8, 4) is 0 Å². The maximum Gasteiger partial charge on any atom is 0.105 e. The van der Waals surface area contributed by atoms with E-state index >= 15 is 0 Å². The molecule has 0 radical (unpaired) electrons. The van der Waals surface area contributed by atoms with E-state index < -0.39 is 0 Å². The minimum atomic E-state index is 0.566. The van der Waals surface area contributed by atoms with Gasteiger partial charge < -0.3 is 9.88 Å². The van der Waals surface area contributed by atoms with Gasteiger partial charge in [-0.1, -0.05) is 6.92 Å². The highest BCUT2D eigenvalue weighted by molar-refractivity contribution is 4.91. The second-order valence-electron chi connectivity index (χ2n) is 3.73. The molecule has 1 N–H and O–H groups in total. The quantitative estimate of drug-likeness (QED) is 0.705. The van der Waals surface area contributed by atoms with E-state index in [0.29, 0.717) is 6.04 Å². The van der Waals surface area contributed by atoms with E-state index in [0.717, 1.165) is 18.9 Å². The molecule has 3 nitrogen and oxygen atoms in total. The van der Waals surface area contributed by atoms with Crippen molar-refractivity contribution >= 4 is 0 Å². The van der Waals surface area contributed by atoms with Crippen LogP contribution in [0.5, 0.6) is 0 Å². The predicted octanol–water partition coefficient (Wildman–Crippen LogP) is 2.14. The van der Waals surface area contributed by atoms with Crippen LogP contribution in [0.15, 0.2) is 12.4 Å². The predicted molar refractivity (Wildman–Crippen MR) is 59.5 cm³/mol. The number of aromatic nitrogens is 2. The van der Waals surface area contributed by atoms with Crippen LogP contribution in [-0.4, -0.2) is 22.6 Å². The molecule has 1 heterocycles. The lowest BCUT2D eigenvalue weighted by Crippen LogP contribution is -2.15. The number of imidazole rings is 1. The smallest absolute Gasteiger partial charge is 0.105 e. The maximum atomic E-state index is 4.23. The number of aryl methyl sites for hydroxylation is 1. The summed E-state index contributed by atoms with van der Waals surface area (Å²) in [5, 5.41) is 3.34. The molecule has 0 saturated heterocycles. The second kappa shape index (κ2) is 5.81. The average molecular weight is 195 g/mol. The molecule has 0 aliphatic heterocycles. The van der Waals surface area contributed by atoms with Crippen LogP contribution < -0.4 is 5.32 Å². The lowest BCUT2D eigenvalue weighted by molar-refractivity contribution is 0.470. The molecular weight excluding hydrogens is 174 g/mol. The van der Waals surface area contributed by atoms with Crippen LogP contribution >= 0.6 is 0 Å². The molecule has 0 saturated carbocycles. The third-order valence-electron chi connectivity index (χ3n) is 2.56. The maximum absolute atomic E-state index is 4.23. The Morgan fingerprint density at radius 3 is 2.93 bits per heavy atom. The Hall–Kier alpha value is -0.830. The number of nitrogens with zero attached hydrogens (tertiary/aromatic N) is 2. The van der Waals surface area contributed by atoms with Gasteiger partial charge in [-0.3, -0.25) is 0 Å². The van der Waals surface area contributed by atoms with Crippen molar-refractivity contribution in [2.24, 2.45) is 0 Å². The Balaban J connectivity index is 2.28. The highest BCUT2D eigenvalue weighted by atomic mass is 15.1. The Morgan fingerprint density at radius 2 is 2.36 bits per heavy atom. The first-order valence-corrected chi connectivity index (χ1v) is 5.45. The minimum Gasteiger partial charge on any atom is -0.332 e. The summed E-state index contributed by atoms with van der Waals surface area (Å²) in [5.74, 6) is 1.11. The van der Waals surface area contributed by atoms with Crippen molar-refractivity contribution in [2.75, 3.05) is 13.1 Å². The monoisotopic (exact) mass is 195 g/mol. The summed E-state index contributed by atoms with van der Waals surface area (Å²) in [6.07, 6.45) is 6.38. The van der Waals surface area contributed by atoms with Crippen LogP contribution in [0.4, 0.5) is 0 Å². The van der Waals surface area contributed by atoms with Crippen molar-refractivity contribution in [3.05, 3.63) is 18.2 Å². The fourth-order valence-corrected chi connectivity index (χ4v) is 1.69. The second-order valence-corrected chi connectivity index (χ2v) is 3.73. The van der Waals surface area contributed by atoms with Crippen molar-refractivity contribution in [2.45, 2.75) is 39.7 Å². The van der Waals surface area contributed by atoms with Gasteiger partial charge in [0.1, 0.15) is 5.82 Å². The Bertz CT molecular complexity index is 255. The molecule has 1 aromatic heterocycles. The molecule has 0 fully saturated rings. The molecule has 0 spiro atoms. The van der Waals surface area contributed by atoms with E-state index in [-0.39, 0.29) is 0 Å². The van der Waals surface area contributed by atoms with Gasteiger partial charge in [0.05, 0.1) is 0 Å². The Morgan fingerprint density at radius 1 is 1.57 bits per heavy atom. The van der Waals surface area contributed by atoms with Crippen molar-refractivity contribution in [1.29, 1.82) is 0 Å². The minimum absolute atomic E-state index is 0.566. The van der Waals surface area contributed by atoms with Gasteiger partial charge in [0.25, 0.3) is 0 Å². The molecule has 0 aliphatic rings. The SMILES string of the molecule is CCNCCCC(C)n1ccnc1C. The topological polar surface area (TPSA) is 29.9 Å². The fourth-order valence-electron chi connectivity index (χ4n) is 1.69. The molecule has 1 aromatic rings. The molecule has 0 bridgehead atoms. The number of hydrogen-bond acceptors (Lipinski definition) is 2.